The van der Waals surface area contributed by atoms with Gasteiger partial charge in [-0.1, -0.05) is 30.3 Å². The van der Waals surface area contributed by atoms with Crippen molar-refractivity contribution >= 4 is 29.2 Å². The van der Waals surface area contributed by atoms with Crippen LogP contribution in [0.25, 0.3) is 0 Å². The van der Waals surface area contributed by atoms with E-state index in [1.807, 2.05) is 43.3 Å². The monoisotopic (exact) mass is 426 g/mol. The Morgan fingerprint density at radius 2 is 1.68 bits per heavy atom. The van der Waals surface area contributed by atoms with Crippen LogP contribution in [0.5, 0.6) is 0 Å². The molecule has 3 aromatic carbocycles. The van der Waals surface area contributed by atoms with Crippen LogP contribution < -0.4 is 15.6 Å². The number of hydrazone groups is 1. The second kappa shape index (κ2) is 9.34. The molecule has 2 N–H and O–H groups in total. The van der Waals surface area contributed by atoms with Gasteiger partial charge in [0.15, 0.2) is 0 Å². The van der Waals surface area contributed by atoms with Crippen LogP contribution in [0.1, 0.15) is 21.5 Å². The minimum absolute atomic E-state index is 0.222. The molecule has 0 saturated carbocycles. The fourth-order valence-corrected chi connectivity index (χ4v) is 2.80. The predicted octanol–water partition coefficient (Wildman–Crippen LogP) is 5.28. The minimum atomic E-state index is -4.45. The Morgan fingerprint density at radius 1 is 0.968 bits per heavy atom. The minimum Gasteiger partial charge on any atom is -0.378 e. The van der Waals surface area contributed by atoms with E-state index in [0.717, 1.165) is 23.4 Å². The second-order valence-electron chi connectivity index (χ2n) is 6.93. The summed E-state index contributed by atoms with van der Waals surface area (Å²) in [5.41, 5.74) is 4.35. The number of halogens is 3. The molecule has 0 heterocycles. The summed E-state index contributed by atoms with van der Waals surface area (Å²) in [6.45, 7) is 0. The summed E-state index contributed by atoms with van der Waals surface area (Å²) in [6.07, 6.45) is -2.94. The highest BCUT2D eigenvalue weighted by atomic mass is 19.4. The molecule has 0 aliphatic heterocycles. The van der Waals surface area contributed by atoms with Crippen LogP contribution in [-0.2, 0) is 6.18 Å². The summed E-state index contributed by atoms with van der Waals surface area (Å²) < 4.78 is 38.8. The smallest absolute Gasteiger partial charge is 0.378 e. The van der Waals surface area contributed by atoms with Crippen LogP contribution in [-0.4, -0.2) is 26.2 Å². The molecule has 0 aromatic heterocycles. The number of para-hydroxylation sites is 1. The molecule has 3 aromatic rings. The first-order chi connectivity index (χ1) is 14.7. The highest BCUT2D eigenvalue weighted by Crippen LogP contribution is 2.31. The van der Waals surface area contributed by atoms with Crippen molar-refractivity contribution < 1.29 is 18.0 Å². The quantitative estimate of drug-likeness (QED) is 0.417. The lowest BCUT2D eigenvalue weighted by molar-refractivity contribution is -0.137. The molecule has 0 saturated heterocycles. The maximum absolute atomic E-state index is 12.9. The number of carbonyl (C=O) groups excluding carboxylic acids is 1. The van der Waals surface area contributed by atoms with Crippen molar-refractivity contribution in [2.75, 3.05) is 24.3 Å². The highest BCUT2D eigenvalue weighted by molar-refractivity contribution is 6.00. The van der Waals surface area contributed by atoms with Gasteiger partial charge in [0.25, 0.3) is 5.91 Å². The Labute approximate surface area is 178 Å². The Balaban J connectivity index is 1.72. The summed E-state index contributed by atoms with van der Waals surface area (Å²) in [5, 5.41) is 6.85. The van der Waals surface area contributed by atoms with Crippen LogP contribution in [0.15, 0.2) is 77.9 Å². The first-order valence-electron chi connectivity index (χ1n) is 9.38. The SMILES string of the molecule is CN(C)c1ccc(/C=N/NC(=O)c2ccccc2Nc2cccc(C(F)(F)F)c2)cc1. The van der Waals surface area contributed by atoms with Gasteiger partial charge in [0.05, 0.1) is 23.0 Å². The fraction of sp³-hybridized carbons (Fsp3) is 0.130. The number of hydrogen-bond donors (Lipinski definition) is 2. The van der Waals surface area contributed by atoms with Gasteiger partial charge in [-0.2, -0.15) is 18.3 Å². The van der Waals surface area contributed by atoms with E-state index in [4.69, 9.17) is 0 Å². The summed E-state index contributed by atoms with van der Waals surface area (Å²) in [7, 11) is 3.88. The third kappa shape index (κ3) is 5.85. The maximum Gasteiger partial charge on any atom is 0.416 e. The lowest BCUT2D eigenvalue weighted by Crippen LogP contribution is -2.19. The molecule has 0 fully saturated rings. The Kier molecular flexibility index (Phi) is 6.59. The summed E-state index contributed by atoms with van der Waals surface area (Å²) in [6, 6.07) is 18.9. The molecule has 0 unspecified atom stereocenters. The van der Waals surface area contributed by atoms with Gasteiger partial charge in [0.1, 0.15) is 0 Å². The molecule has 160 valence electrons. The molecule has 3 rings (SSSR count). The van der Waals surface area contributed by atoms with Crippen molar-refractivity contribution in [2.24, 2.45) is 5.10 Å². The normalized spacial score (nSPS) is 11.4. The molecular weight excluding hydrogens is 405 g/mol. The number of amides is 1. The van der Waals surface area contributed by atoms with Crippen LogP contribution in [0, 0.1) is 0 Å². The van der Waals surface area contributed by atoms with Gasteiger partial charge in [0.2, 0.25) is 0 Å². The largest absolute Gasteiger partial charge is 0.416 e. The Hall–Kier alpha value is -3.81. The summed E-state index contributed by atoms with van der Waals surface area (Å²) in [5.74, 6) is -0.490. The number of benzene rings is 3. The molecule has 1 amide bonds. The van der Waals surface area contributed by atoms with Gasteiger partial charge in [-0.3, -0.25) is 4.79 Å². The van der Waals surface area contributed by atoms with E-state index in [9.17, 15) is 18.0 Å². The first-order valence-corrected chi connectivity index (χ1v) is 9.38. The molecule has 0 radical (unpaired) electrons. The molecular formula is C23H21F3N4O. The van der Waals surface area contributed by atoms with Crippen molar-refractivity contribution in [3.63, 3.8) is 0 Å². The standard InChI is InChI=1S/C23H21F3N4O/c1-30(2)19-12-10-16(11-13-19)15-27-29-22(31)20-8-3-4-9-21(20)28-18-7-5-6-17(14-18)23(24,25)26/h3-15,28H,1-2H3,(H,29,31)/b27-15+. The second-order valence-corrected chi connectivity index (χ2v) is 6.93. The van der Waals surface area contributed by atoms with Crippen molar-refractivity contribution in [1.29, 1.82) is 0 Å². The summed E-state index contributed by atoms with van der Waals surface area (Å²) >= 11 is 0. The number of nitrogens with one attached hydrogen (secondary N) is 2. The van der Waals surface area contributed by atoms with E-state index >= 15 is 0 Å². The Bertz CT molecular complexity index is 1080. The van der Waals surface area contributed by atoms with Gasteiger partial charge < -0.3 is 10.2 Å². The number of carbonyl (C=O) groups is 1. The van der Waals surface area contributed by atoms with Crippen LogP contribution in [0.3, 0.4) is 0 Å². The van der Waals surface area contributed by atoms with Gasteiger partial charge >= 0.3 is 6.18 Å². The third-order valence-electron chi connectivity index (χ3n) is 4.43. The molecule has 0 aliphatic rings. The molecule has 8 heteroatoms. The van der Waals surface area contributed by atoms with E-state index < -0.39 is 17.6 Å². The molecule has 31 heavy (non-hydrogen) atoms. The van der Waals surface area contributed by atoms with Crippen molar-refractivity contribution in [3.05, 3.63) is 89.5 Å². The number of alkyl halides is 3. The fourth-order valence-electron chi connectivity index (χ4n) is 2.80. The van der Waals surface area contributed by atoms with Gasteiger partial charge in [-0.15, -0.1) is 0 Å². The van der Waals surface area contributed by atoms with E-state index in [1.165, 1.54) is 18.3 Å². The van der Waals surface area contributed by atoms with E-state index in [2.05, 4.69) is 15.8 Å². The zero-order valence-electron chi connectivity index (χ0n) is 16.9. The first kappa shape index (κ1) is 21.9. The molecule has 0 atom stereocenters. The number of hydrogen-bond acceptors (Lipinski definition) is 4. The van der Waals surface area contributed by atoms with E-state index in [1.54, 1.807) is 24.3 Å². The van der Waals surface area contributed by atoms with Gasteiger partial charge in [0, 0.05) is 25.5 Å². The average Bonchev–Trinajstić information content (AvgIpc) is 2.74. The molecule has 0 spiro atoms. The number of anilines is 3. The third-order valence-corrected chi connectivity index (χ3v) is 4.43. The van der Waals surface area contributed by atoms with Crippen molar-refractivity contribution in [2.45, 2.75) is 6.18 Å². The van der Waals surface area contributed by atoms with E-state index in [-0.39, 0.29) is 11.3 Å². The van der Waals surface area contributed by atoms with E-state index in [0.29, 0.717) is 5.69 Å². The van der Waals surface area contributed by atoms with Crippen LogP contribution >= 0.6 is 0 Å². The average molecular weight is 426 g/mol. The van der Waals surface area contributed by atoms with Crippen molar-refractivity contribution in [1.82, 2.24) is 5.43 Å². The molecule has 0 aliphatic carbocycles. The lowest BCUT2D eigenvalue weighted by atomic mass is 10.1. The van der Waals surface area contributed by atoms with Gasteiger partial charge in [-0.05, 0) is 48.0 Å². The molecule has 5 nitrogen and oxygen atoms in total. The summed E-state index contributed by atoms with van der Waals surface area (Å²) in [4.78, 5) is 14.5. The zero-order chi connectivity index (χ0) is 22.4. The molecule has 0 bridgehead atoms. The number of nitrogens with zero attached hydrogens (tertiary/aromatic N) is 2. The Morgan fingerprint density at radius 3 is 2.35 bits per heavy atom. The predicted molar refractivity (Wildman–Crippen MR) is 117 cm³/mol. The maximum atomic E-state index is 12.9. The number of rotatable bonds is 6. The van der Waals surface area contributed by atoms with Crippen molar-refractivity contribution in [3.8, 4) is 0 Å². The lowest BCUT2D eigenvalue weighted by Gasteiger charge is -2.13. The zero-order valence-corrected chi connectivity index (χ0v) is 16.9. The topological polar surface area (TPSA) is 56.7 Å². The highest BCUT2D eigenvalue weighted by Gasteiger charge is 2.30. The van der Waals surface area contributed by atoms with Crippen LogP contribution in [0.4, 0.5) is 30.2 Å². The van der Waals surface area contributed by atoms with Crippen LogP contribution in [0.2, 0.25) is 0 Å². The van der Waals surface area contributed by atoms with Gasteiger partial charge in [-0.25, -0.2) is 5.43 Å².